The van der Waals surface area contributed by atoms with Crippen molar-refractivity contribution in [2.45, 2.75) is 0 Å². The zero-order chi connectivity index (χ0) is 10.6. The first-order valence-corrected chi connectivity index (χ1v) is 3.92. The molecule has 5 heteroatoms. The fraction of sp³-hybridized carbons (Fsp3) is 0.111. The third kappa shape index (κ3) is 2.22. The number of ether oxygens (including phenoxy) is 1. The highest BCUT2D eigenvalue weighted by molar-refractivity contribution is 5.56. The molecule has 0 heterocycles. The second-order valence-electron chi connectivity index (χ2n) is 2.58. The number of nitro benzene ring substituents is 1. The largest absolute Gasteiger partial charge is 0.483 e. The van der Waals surface area contributed by atoms with E-state index in [1.54, 1.807) is 6.07 Å². The molecule has 0 saturated heterocycles. The zero-order valence-corrected chi connectivity index (χ0v) is 7.47. The van der Waals surface area contributed by atoms with Crippen molar-refractivity contribution in [1.29, 1.82) is 0 Å². The summed E-state index contributed by atoms with van der Waals surface area (Å²) in [6.45, 7) is 3.68. The van der Waals surface area contributed by atoms with Gasteiger partial charge in [-0.2, -0.15) is 0 Å². The molecule has 0 saturated carbocycles. The van der Waals surface area contributed by atoms with E-state index in [9.17, 15) is 10.1 Å². The van der Waals surface area contributed by atoms with Crippen LogP contribution < -0.4 is 10.5 Å². The van der Waals surface area contributed by atoms with Crippen molar-refractivity contribution in [3.8, 4) is 5.75 Å². The average molecular weight is 194 g/mol. The molecule has 0 atom stereocenters. The molecule has 0 amide bonds. The van der Waals surface area contributed by atoms with Gasteiger partial charge in [-0.05, 0) is 12.1 Å². The molecular formula is C9H10N2O3. The molecule has 14 heavy (non-hydrogen) atoms. The Bertz CT molecular complexity index is 363. The van der Waals surface area contributed by atoms with Crippen molar-refractivity contribution in [2.75, 3.05) is 12.3 Å². The van der Waals surface area contributed by atoms with Crippen LogP contribution in [-0.2, 0) is 0 Å². The van der Waals surface area contributed by atoms with Gasteiger partial charge in [0.1, 0.15) is 6.61 Å². The molecule has 2 N–H and O–H groups in total. The van der Waals surface area contributed by atoms with Crippen LogP contribution in [0.25, 0.3) is 0 Å². The summed E-state index contributed by atoms with van der Waals surface area (Å²) in [6.07, 6.45) is 1.51. The molecule has 1 aromatic carbocycles. The number of nitrogens with zero attached hydrogens (tertiary/aromatic N) is 1. The molecule has 0 spiro atoms. The van der Waals surface area contributed by atoms with E-state index in [-0.39, 0.29) is 18.0 Å². The van der Waals surface area contributed by atoms with Gasteiger partial charge in [0.05, 0.1) is 4.92 Å². The quantitative estimate of drug-likeness (QED) is 0.342. The SMILES string of the molecule is C=CCOc1ccc(N)cc1[N+](=O)[O-]. The van der Waals surface area contributed by atoms with Crippen molar-refractivity contribution in [3.63, 3.8) is 0 Å². The number of hydrogen-bond acceptors (Lipinski definition) is 4. The Morgan fingerprint density at radius 1 is 1.64 bits per heavy atom. The summed E-state index contributed by atoms with van der Waals surface area (Å²) in [5.74, 6) is 0.198. The highest BCUT2D eigenvalue weighted by Crippen LogP contribution is 2.28. The van der Waals surface area contributed by atoms with E-state index in [1.807, 2.05) is 0 Å². The lowest BCUT2D eigenvalue weighted by atomic mass is 10.2. The maximum absolute atomic E-state index is 10.6. The maximum atomic E-state index is 10.6. The van der Waals surface area contributed by atoms with Crippen LogP contribution in [0.3, 0.4) is 0 Å². The maximum Gasteiger partial charge on any atom is 0.312 e. The van der Waals surface area contributed by atoms with Crippen LogP contribution in [0.2, 0.25) is 0 Å². The lowest BCUT2D eigenvalue weighted by Crippen LogP contribution is -1.99. The van der Waals surface area contributed by atoms with Gasteiger partial charge in [-0.3, -0.25) is 10.1 Å². The first kappa shape index (κ1) is 10.0. The Hall–Kier alpha value is -2.04. The fourth-order valence-electron chi connectivity index (χ4n) is 0.948. The molecular weight excluding hydrogens is 184 g/mol. The van der Waals surface area contributed by atoms with E-state index in [1.165, 1.54) is 18.2 Å². The standard InChI is InChI=1S/C9H10N2O3/c1-2-5-14-9-4-3-7(10)6-8(9)11(12)13/h2-4,6H,1,5,10H2. The van der Waals surface area contributed by atoms with Crippen LogP contribution in [0.15, 0.2) is 30.9 Å². The van der Waals surface area contributed by atoms with Crippen molar-refractivity contribution in [2.24, 2.45) is 0 Å². The fourth-order valence-corrected chi connectivity index (χ4v) is 0.948. The van der Waals surface area contributed by atoms with Gasteiger partial charge in [-0.25, -0.2) is 0 Å². The normalized spacial score (nSPS) is 9.43. The highest BCUT2D eigenvalue weighted by atomic mass is 16.6. The highest BCUT2D eigenvalue weighted by Gasteiger charge is 2.14. The Labute approximate surface area is 80.9 Å². The second-order valence-corrected chi connectivity index (χ2v) is 2.58. The predicted molar refractivity (Wildman–Crippen MR) is 53.2 cm³/mol. The van der Waals surface area contributed by atoms with Gasteiger partial charge in [0.2, 0.25) is 0 Å². The molecule has 0 aliphatic carbocycles. The molecule has 0 radical (unpaired) electrons. The van der Waals surface area contributed by atoms with Gasteiger partial charge in [-0.15, -0.1) is 0 Å². The molecule has 0 aliphatic rings. The van der Waals surface area contributed by atoms with Crippen LogP contribution in [0.1, 0.15) is 0 Å². The number of nitrogen functional groups attached to an aromatic ring is 1. The molecule has 0 aliphatic heterocycles. The number of rotatable bonds is 4. The number of anilines is 1. The van der Waals surface area contributed by atoms with Gasteiger partial charge in [0, 0.05) is 11.8 Å². The summed E-state index contributed by atoms with van der Waals surface area (Å²) in [5, 5.41) is 10.6. The molecule has 1 aromatic rings. The Morgan fingerprint density at radius 2 is 2.36 bits per heavy atom. The molecule has 0 unspecified atom stereocenters. The Kier molecular flexibility index (Phi) is 3.06. The minimum Gasteiger partial charge on any atom is -0.483 e. The molecule has 5 nitrogen and oxygen atoms in total. The Morgan fingerprint density at radius 3 is 2.93 bits per heavy atom. The van der Waals surface area contributed by atoms with Gasteiger partial charge in [0.15, 0.2) is 5.75 Å². The first-order chi connectivity index (χ1) is 6.65. The predicted octanol–water partition coefficient (Wildman–Crippen LogP) is 1.74. The van der Waals surface area contributed by atoms with Crippen LogP contribution in [-0.4, -0.2) is 11.5 Å². The second kappa shape index (κ2) is 4.27. The zero-order valence-electron chi connectivity index (χ0n) is 7.47. The number of nitro groups is 1. The van der Waals surface area contributed by atoms with E-state index >= 15 is 0 Å². The first-order valence-electron chi connectivity index (χ1n) is 3.92. The van der Waals surface area contributed by atoms with Gasteiger partial charge in [0.25, 0.3) is 0 Å². The summed E-state index contributed by atoms with van der Waals surface area (Å²) in [7, 11) is 0. The van der Waals surface area contributed by atoms with Crippen molar-refractivity contribution in [3.05, 3.63) is 41.0 Å². The van der Waals surface area contributed by atoms with Gasteiger partial charge < -0.3 is 10.5 Å². The van der Waals surface area contributed by atoms with Crippen molar-refractivity contribution in [1.82, 2.24) is 0 Å². The monoisotopic (exact) mass is 194 g/mol. The van der Waals surface area contributed by atoms with Crippen LogP contribution in [0.4, 0.5) is 11.4 Å². The summed E-state index contributed by atoms with van der Waals surface area (Å²) in [5.41, 5.74) is 5.62. The molecule has 0 bridgehead atoms. The molecule has 1 rings (SSSR count). The van der Waals surface area contributed by atoms with Crippen LogP contribution in [0.5, 0.6) is 5.75 Å². The number of benzene rings is 1. The van der Waals surface area contributed by atoms with E-state index in [2.05, 4.69) is 6.58 Å². The minimum atomic E-state index is -0.533. The van der Waals surface area contributed by atoms with E-state index in [0.717, 1.165) is 0 Å². The van der Waals surface area contributed by atoms with Crippen LogP contribution >= 0.6 is 0 Å². The topological polar surface area (TPSA) is 78.4 Å². The minimum absolute atomic E-state index is 0.133. The summed E-state index contributed by atoms with van der Waals surface area (Å²) >= 11 is 0. The summed E-state index contributed by atoms with van der Waals surface area (Å²) in [4.78, 5) is 10.0. The van der Waals surface area contributed by atoms with Crippen LogP contribution in [0, 0.1) is 10.1 Å². The number of nitrogens with two attached hydrogens (primary N) is 1. The Balaban J connectivity index is 3.01. The lowest BCUT2D eigenvalue weighted by molar-refractivity contribution is -0.385. The third-order valence-corrected chi connectivity index (χ3v) is 1.54. The van der Waals surface area contributed by atoms with Crippen molar-refractivity contribution < 1.29 is 9.66 Å². The molecule has 0 aromatic heterocycles. The van der Waals surface area contributed by atoms with Gasteiger partial charge >= 0.3 is 5.69 Å². The lowest BCUT2D eigenvalue weighted by Gasteiger charge is -2.04. The smallest absolute Gasteiger partial charge is 0.312 e. The van der Waals surface area contributed by atoms with Gasteiger partial charge in [-0.1, -0.05) is 12.7 Å². The number of hydrogen-bond donors (Lipinski definition) is 1. The molecule has 0 fully saturated rings. The molecule has 74 valence electrons. The summed E-state index contributed by atoms with van der Waals surface area (Å²) < 4.78 is 5.09. The summed E-state index contributed by atoms with van der Waals surface area (Å²) in [6, 6.07) is 4.28. The van der Waals surface area contributed by atoms with E-state index in [4.69, 9.17) is 10.5 Å². The van der Waals surface area contributed by atoms with E-state index in [0.29, 0.717) is 5.69 Å². The average Bonchev–Trinajstić information content (AvgIpc) is 2.15. The van der Waals surface area contributed by atoms with Crippen molar-refractivity contribution >= 4 is 11.4 Å². The third-order valence-electron chi connectivity index (χ3n) is 1.54. The van der Waals surface area contributed by atoms with E-state index < -0.39 is 4.92 Å².